The highest BCUT2D eigenvalue weighted by Gasteiger charge is 2.37. The molecule has 1 N–H and O–H groups in total. The van der Waals surface area contributed by atoms with Crippen molar-refractivity contribution in [1.82, 2.24) is 10.2 Å². The van der Waals surface area contributed by atoms with Crippen molar-refractivity contribution in [1.29, 1.82) is 0 Å². The lowest BCUT2D eigenvalue weighted by Crippen LogP contribution is -2.65. The van der Waals surface area contributed by atoms with Crippen LogP contribution in [0.4, 0.5) is 0 Å². The summed E-state index contributed by atoms with van der Waals surface area (Å²) in [4.78, 5) is 2.91. The number of piperazine rings is 1. The van der Waals surface area contributed by atoms with Crippen LogP contribution < -0.4 is 5.32 Å². The van der Waals surface area contributed by atoms with Crippen LogP contribution >= 0.6 is 0 Å². The summed E-state index contributed by atoms with van der Waals surface area (Å²) in [6.07, 6.45) is 11.3. The predicted molar refractivity (Wildman–Crippen MR) is 88.1 cm³/mol. The second kappa shape index (κ2) is 7.26. The molecule has 0 radical (unpaired) electrons. The van der Waals surface area contributed by atoms with Gasteiger partial charge in [-0.2, -0.15) is 0 Å². The first-order valence-electron chi connectivity index (χ1n) is 9.05. The van der Waals surface area contributed by atoms with E-state index in [4.69, 9.17) is 0 Å². The van der Waals surface area contributed by atoms with Crippen molar-refractivity contribution in [3.63, 3.8) is 0 Å². The number of nitrogens with one attached hydrogen (secondary N) is 1. The third-order valence-electron chi connectivity index (χ3n) is 5.58. The maximum atomic E-state index is 3.84. The number of nitrogens with zero attached hydrogens (tertiary/aromatic N) is 1. The van der Waals surface area contributed by atoms with Gasteiger partial charge in [-0.3, -0.25) is 4.90 Å². The average Bonchev–Trinajstić information content (AvgIpc) is 2.69. The molecule has 0 aromatic rings. The van der Waals surface area contributed by atoms with E-state index in [1.807, 2.05) is 0 Å². The molecule has 2 unspecified atom stereocenters. The zero-order valence-corrected chi connectivity index (χ0v) is 14.3. The van der Waals surface area contributed by atoms with Gasteiger partial charge in [0.05, 0.1) is 0 Å². The molecule has 2 nitrogen and oxygen atoms in total. The topological polar surface area (TPSA) is 15.3 Å². The number of hydrogen-bond donors (Lipinski definition) is 1. The SMILES string of the molecule is CCC1(C)CN(C2CCCCCC2)C(CC(C)C)CN1. The predicted octanol–water partition coefficient (Wildman–Crippen LogP) is 4.20. The van der Waals surface area contributed by atoms with Gasteiger partial charge in [0.1, 0.15) is 0 Å². The van der Waals surface area contributed by atoms with Gasteiger partial charge in [-0.15, -0.1) is 0 Å². The third kappa shape index (κ3) is 4.21. The molecule has 1 aliphatic heterocycles. The summed E-state index contributed by atoms with van der Waals surface area (Å²) in [7, 11) is 0. The molecule has 2 rings (SSSR count). The average molecular weight is 280 g/mol. The summed E-state index contributed by atoms with van der Waals surface area (Å²) in [5.74, 6) is 0.807. The zero-order chi connectivity index (χ0) is 14.6. The summed E-state index contributed by atoms with van der Waals surface area (Å²) in [6.45, 7) is 12.0. The second-order valence-corrected chi connectivity index (χ2v) is 7.90. The Morgan fingerprint density at radius 3 is 2.35 bits per heavy atom. The molecule has 118 valence electrons. The Kier molecular flexibility index (Phi) is 5.92. The minimum absolute atomic E-state index is 0.333. The van der Waals surface area contributed by atoms with Crippen LogP contribution in [-0.4, -0.2) is 35.6 Å². The first kappa shape index (κ1) is 16.3. The molecule has 0 spiro atoms. The lowest BCUT2D eigenvalue weighted by molar-refractivity contribution is 0.0303. The Balaban J connectivity index is 2.07. The molecule has 0 aromatic carbocycles. The minimum Gasteiger partial charge on any atom is -0.309 e. The molecule has 20 heavy (non-hydrogen) atoms. The fourth-order valence-corrected chi connectivity index (χ4v) is 4.09. The van der Waals surface area contributed by atoms with Crippen LogP contribution in [0.2, 0.25) is 0 Å². The summed E-state index contributed by atoms with van der Waals surface area (Å²) in [6, 6.07) is 1.62. The van der Waals surface area contributed by atoms with E-state index in [1.54, 1.807) is 0 Å². The van der Waals surface area contributed by atoms with Crippen LogP contribution in [0.1, 0.15) is 79.1 Å². The monoisotopic (exact) mass is 280 g/mol. The standard InChI is InChI=1S/C18H36N2/c1-5-18(4)14-20(16-10-8-6-7-9-11-16)17(13-19-18)12-15(2)3/h15-17,19H,5-14H2,1-4H3. The quantitative estimate of drug-likeness (QED) is 0.777. The highest BCUT2D eigenvalue weighted by Crippen LogP contribution is 2.30. The van der Waals surface area contributed by atoms with Gasteiger partial charge in [0.25, 0.3) is 0 Å². The summed E-state index contributed by atoms with van der Waals surface area (Å²) in [5, 5.41) is 3.84. The molecule has 0 aromatic heterocycles. The third-order valence-corrected chi connectivity index (χ3v) is 5.58. The van der Waals surface area contributed by atoms with Crippen molar-refractivity contribution in [3.05, 3.63) is 0 Å². The molecule has 2 aliphatic rings. The second-order valence-electron chi connectivity index (χ2n) is 7.90. The maximum absolute atomic E-state index is 3.84. The van der Waals surface area contributed by atoms with E-state index >= 15 is 0 Å². The highest BCUT2D eigenvalue weighted by molar-refractivity contribution is 4.97. The van der Waals surface area contributed by atoms with E-state index in [1.165, 1.54) is 64.5 Å². The Morgan fingerprint density at radius 1 is 1.15 bits per heavy atom. The molecule has 0 bridgehead atoms. The molecule has 2 atom stereocenters. The van der Waals surface area contributed by atoms with Crippen molar-refractivity contribution in [2.45, 2.75) is 96.7 Å². The molecule has 2 fully saturated rings. The molecule has 1 saturated heterocycles. The van der Waals surface area contributed by atoms with E-state index in [-0.39, 0.29) is 0 Å². The van der Waals surface area contributed by atoms with E-state index in [9.17, 15) is 0 Å². The zero-order valence-electron chi connectivity index (χ0n) is 14.3. The van der Waals surface area contributed by atoms with Crippen molar-refractivity contribution < 1.29 is 0 Å². The molecule has 0 amide bonds. The normalized spacial score (nSPS) is 34.4. The largest absolute Gasteiger partial charge is 0.309 e. The van der Waals surface area contributed by atoms with Crippen LogP contribution in [0, 0.1) is 5.92 Å². The Labute approximate surface area is 126 Å². The van der Waals surface area contributed by atoms with E-state index in [0.29, 0.717) is 5.54 Å². The molecule has 1 heterocycles. The van der Waals surface area contributed by atoms with E-state index < -0.39 is 0 Å². The van der Waals surface area contributed by atoms with Gasteiger partial charge in [-0.1, -0.05) is 46.5 Å². The summed E-state index contributed by atoms with van der Waals surface area (Å²) in [5.41, 5.74) is 0.333. The summed E-state index contributed by atoms with van der Waals surface area (Å²) < 4.78 is 0. The van der Waals surface area contributed by atoms with E-state index in [2.05, 4.69) is 37.9 Å². The van der Waals surface area contributed by atoms with Gasteiger partial charge in [0, 0.05) is 30.7 Å². The van der Waals surface area contributed by atoms with Crippen LogP contribution in [0.5, 0.6) is 0 Å². The van der Waals surface area contributed by atoms with Crippen LogP contribution in [-0.2, 0) is 0 Å². The van der Waals surface area contributed by atoms with Crippen LogP contribution in [0.3, 0.4) is 0 Å². The van der Waals surface area contributed by atoms with Crippen molar-refractivity contribution in [2.24, 2.45) is 5.92 Å². The fraction of sp³-hybridized carbons (Fsp3) is 1.00. The van der Waals surface area contributed by atoms with Crippen LogP contribution in [0.15, 0.2) is 0 Å². The van der Waals surface area contributed by atoms with Gasteiger partial charge in [-0.05, 0) is 38.5 Å². The smallest absolute Gasteiger partial charge is 0.0278 e. The van der Waals surface area contributed by atoms with Crippen molar-refractivity contribution in [2.75, 3.05) is 13.1 Å². The minimum atomic E-state index is 0.333. The van der Waals surface area contributed by atoms with Crippen molar-refractivity contribution in [3.8, 4) is 0 Å². The molecular weight excluding hydrogens is 244 g/mol. The first-order chi connectivity index (χ1) is 9.54. The molecule has 1 aliphatic carbocycles. The fourth-order valence-electron chi connectivity index (χ4n) is 4.09. The van der Waals surface area contributed by atoms with Crippen LogP contribution in [0.25, 0.3) is 0 Å². The lowest BCUT2D eigenvalue weighted by atomic mass is 9.88. The Morgan fingerprint density at radius 2 is 1.80 bits per heavy atom. The Hall–Kier alpha value is -0.0800. The molecule has 2 heteroatoms. The van der Waals surface area contributed by atoms with Gasteiger partial charge >= 0.3 is 0 Å². The Bertz CT molecular complexity index is 279. The van der Waals surface area contributed by atoms with Gasteiger partial charge in [-0.25, -0.2) is 0 Å². The molecular formula is C18H36N2. The van der Waals surface area contributed by atoms with E-state index in [0.717, 1.165) is 18.0 Å². The van der Waals surface area contributed by atoms with Crippen molar-refractivity contribution >= 4 is 0 Å². The van der Waals surface area contributed by atoms with Gasteiger partial charge in [0.2, 0.25) is 0 Å². The molecule has 1 saturated carbocycles. The first-order valence-corrected chi connectivity index (χ1v) is 9.05. The highest BCUT2D eigenvalue weighted by atomic mass is 15.3. The van der Waals surface area contributed by atoms with Gasteiger partial charge < -0.3 is 5.32 Å². The summed E-state index contributed by atoms with van der Waals surface area (Å²) >= 11 is 0. The maximum Gasteiger partial charge on any atom is 0.0278 e. The number of hydrogen-bond acceptors (Lipinski definition) is 2. The van der Waals surface area contributed by atoms with Gasteiger partial charge in [0.15, 0.2) is 0 Å². The number of rotatable bonds is 4. The lowest BCUT2D eigenvalue weighted by Gasteiger charge is -2.50.